The molecule has 4 heteroatoms. The van der Waals surface area contributed by atoms with Crippen LogP contribution < -0.4 is 10.5 Å². The van der Waals surface area contributed by atoms with Gasteiger partial charge in [-0.1, -0.05) is 5.16 Å². The third-order valence-corrected chi connectivity index (χ3v) is 1.92. The van der Waals surface area contributed by atoms with Gasteiger partial charge < -0.3 is 15.7 Å². The Hall–Kier alpha value is -1.55. The van der Waals surface area contributed by atoms with Gasteiger partial charge in [-0.15, -0.1) is 0 Å². The third-order valence-electron chi connectivity index (χ3n) is 1.92. The van der Waals surface area contributed by atoms with Gasteiger partial charge in [0.2, 0.25) is 0 Å². The second-order valence-corrected chi connectivity index (χ2v) is 3.00. The number of nitrogens with zero attached hydrogens (tertiary/aromatic N) is 1. The van der Waals surface area contributed by atoms with Gasteiger partial charge in [0, 0.05) is 11.6 Å². The first-order chi connectivity index (χ1) is 6.69. The highest BCUT2D eigenvalue weighted by Crippen LogP contribution is 2.12. The number of ether oxygens (including phenoxy) is 1. The fourth-order valence-electron chi connectivity index (χ4n) is 1.17. The van der Waals surface area contributed by atoms with E-state index in [1.165, 1.54) is 0 Å². The largest absolute Gasteiger partial charge is 0.497 e. The Labute approximate surface area is 83.0 Å². The molecule has 14 heavy (non-hydrogen) atoms. The molecular formula is C10H14N2O2. The molecule has 1 atom stereocenters. The van der Waals surface area contributed by atoms with Crippen molar-refractivity contribution in [2.75, 3.05) is 7.11 Å². The lowest BCUT2D eigenvalue weighted by atomic mass is 10.1. The lowest BCUT2D eigenvalue weighted by molar-refractivity contribution is 0.317. The average molecular weight is 194 g/mol. The molecule has 0 saturated heterocycles. The third kappa shape index (κ3) is 2.23. The maximum absolute atomic E-state index is 8.75. The van der Waals surface area contributed by atoms with E-state index < -0.39 is 0 Å². The summed E-state index contributed by atoms with van der Waals surface area (Å²) in [4.78, 5) is 0. The first-order valence-corrected chi connectivity index (χ1v) is 4.31. The number of hydrogen-bond donors (Lipinski definition) is 2. The maximum atomic E-state index is 8.75. The first-order valence-electron chi connectivity index (χ1n) is 4.31. The molecule has 0 fully saturated rings. The van der Waals surface area contributed by atoms with Crippen molar-refractivity contribution in [1.29, 1.82) is 0 Å². The summed E-state index contributed by atoms with van der Waals surface area (Å²) < 4.78 is 5.01. The van der Waals surface area contributed by atoms with Gasteiger partial charge in [0.1, 0.15) is 11.5 Å². The summed E-state index contributed by atoms with van der Waals surface area (Å²) >= 11 is 0. The van der Waals surface area contributed by atoms with Crippen LogP contribution in [-0.2, 0) is 0 Å². The highest BCUT2D eigenvalue weighted by atomic mass is 16.5. The zero-order valence-electron chi connectivity index (χ0n) is 8.27. The van der Waals surface area contributed by atoms with Gasteiger partial charge in [-0.3, -0.25) is 0 Å². The molecule has 1 unspecified atom stereocenters. The summed E-state index contributed by atoms with van der Waals surface area (Å²) in [6, 6.07) is 6.90. The summed E-state index contributed by atoms with van der Waals surface area (Å²) in [5.41, 5.74) is 6.89. The van der Waals surface area contributed by atoms with Crippen LogP contribution in [0, 0.1) is 0 Å². The highest BCUT2D eigenvalue weighted by molar-refractivity contribution is 6.03. The summed E-state index contributed by atoms with van der Waals surface area (Å²) in [5, 5.41) is 11.9. The zero-order valence-corrected chi connectivity index (χ0v) is 8.27. The Morgan fingerprint density at radius 3 is 2.36 bits per heavy atom. The van der Waals surface area contributed by atoms with Crippen LogP contribution in [0.15, 0.2) is 29.4 Å². The molecule has 0 amide bonds. The van der Waals surface area contributed by atoms with Gasteiger partial charge in [-0.05, 0) is 31.2 Å². The quantitative estimate of drug-likeness (QED) is 0.432. The van der Waals surface area contributed by atoms with E-state index in [-0.39, 0.29) is 6.04 Å². The van der Waals surface area contributed by atoms with E-state index in [2.05, 4.69) is 5.16 Å². The second-order valence-electron chi connectivity index (χ2n) is 3.00. The number of methoxy groups -OCH3 is 1. The molecule has 76 valence electrons. The van der Waals surface area contributed by atoms with E-state index in [9.17, 15) is 0 Å². The molecule has 1 rings (SSSR count). The number of oxime groups is 1. The minimum absolute atomic E-state index is 0.298. The molecule has 0 aromatic heterocycles. The molecule has 1 aromatic carbocycles. The van der Waals surface area contributed by atoms with Gasteiger partial charge in [0.15, 0.2) is 0 Å². The van der Waals surface area contributed by atoms with E-state index >= 15 is 0 Å². The summed E-state index contributed by atoms with van der Waals surface area (Å²) in [6.07, 6.45) is 0. The summed E-state index contributed by atoms with van der Waals surface area (Å²) in [5.74, 6) is 0.760. The molecule has 3 N–H and O–H groups in total. The van der Waals surface area contributed by atoms with Gasteiger partial charge in [-0.25, -0.2) is 0 Å². The molecule has 0 radical (unpaired) electrons. The van der Waals surface area contributed by atoms with Crippen LogP contribution in [0.5, 0.6) is 5.75 Å². The Morgan fingerprint density at radius 1 is 1.43 bits per heavy atom. The normalized spacial score (nSPS) is 13.8. The Balaban J connectivity index is 2.96. The SMILES string of the molecule is COc1ccc(/C(=N/O)C(C)N)cc1. The molecule has 0 saturated carbocycles. The van der Waals surface area contributed by atoms with E-state index in [4.69, 9.17) is 15.7 Å². The maximum Gasteiger partial charge on any atom is 0.118 e. The predicted octanol–water partition coefficient (Wildman–Crippen LogP) is 1.22. The molecular weight excluding hydrogens is 180 g/mol. The fraction of sp³-hybridized carbons (Fsp3) is 0.300. The van der Waals surface area contributed by atoms with Gasteiger partial charge in [0.05, 0.1) is 7.11 Å². The van der Waals surface area contributed by atoms with E-state index in [0.29, 0.717) is 5.71 Å². The Morgan fingerprint density at radius 2 is 2.00 bits per heavy atom. The average Bonchev–Trinajstić information content (AvgIpc) is 2.19. The minimum atomic E-state index is -0.298. The first kappa shape index (κ1) is 10.5. The predicted molar refractivity (Wildman–Crippen MR) is 55.0 cm³/mol. The van der Waals surface area contributed by atoms with Crippen LogP contribution in [0.4, 0.5) is 0 Å². The molecule has 0 heterocycles. The van der Waals surface area contributed by atoms with Crippen molar-refractivity contribution in [1.82, 2.24) is 0 Å². The molecule has 0 bridgehead atoms. The van der Waals surface area contributed by atoms with Crippen LogP contribution >= 0.6 is 0 Å². The zero-order chi connectivity index (χ0) is 10.6. The van der Waals surface area contributed by atoms with Crippen molar-refractivity contribution < 1.29 is 9.94 Å². The molecule has 0 aliphatic carbocycles. The number of nitrogens with two attached hydrogens (primary N) is 1. The number of rotatable bonds is 3. The van der Waals surface area contributed by atoms with E-state index in [1.807, 2.05) is 0 Å². The fourth-order valence-corrected chi connectivity index (χ4v) is 1.17. The van der Waals surface area contributed by atoms with Crippen LogP contribution in [0.3, 0.4) is 0 Å². The van der Waals surface area contributed by atoms with Crippen LogP contribution in [0.1, 0.15) is 12.5 Å². The van der Waals surface area contributed by atoms with Crippen molar-refractivity contribution >= 4 is 5.71 Å². The molecule has 0 aliphatic heterocycles. The van der Waals surface area contributed by atoms with Crippen LogP contribution in [0.25, 0.3) is 0 Å². The second kappa shape index (κ2) is 4.62. The minimum Gasteiger partial charge on any atom is -0.497 e. The standard InChI is InChI=1S/C10H14N2O2/c1-7(11)10(12-13)8-3-5-9(14-2)6-4-8/h3-7,13H,11H2,1-2H3/b12-10+. The van der Waals surface area contributed by atoms with Gasteiger partial charge >= 0.3 is 0 Å². The van der Waals surface area contributed by atoms with Gasteiger partial charge in [-0.2, -0.15) is 0 Å². The molecule has 1 aromatic rings. The van der Waals surface area contributed by atoms with Crippen LogP contribution in [-0.4, -0.2) is 24.1 Å². The lowest BCUT2D eigenvalue weighted by Gasteiger charge is -2.08. The topological polar surface area (TPSA) is 67.8 Å². The van der Waals surface area contributed by atoms with E-state index in [0.717, 1.165) is 11.3 Å². The van der Waals surface area contributed by atoms with Crippen molar-refractivity contribution in [3.63, 3.8) is 0 Å². The van der Waals surface area contributed by atoms with E-state index in [1.54, 1.807) is 38.3 Å². The highest BCUT2D eigenvalue weighted by Gasteiger charge is 2.08. The lowest BCUT2D eigenvalue weighted by Crippen LogP contribution is -2.27. The number of hydrogen-bond acceptors (Lipinski definition) is 4. The number of benzene rings is 1. The van der Waals surface area contributed by atoms with Crippen molar-refractivity contribution in [3.8, 4) is 5.75 Å². The molecule has 4 nitrogen and oxygen atoms in total. The van der Waals surface area contributed by atoms with Crippen molar-refractivity contribution in [2.45, 2.75) is 13.0 Å². The van der Waals surface area contributed by atoms with Gasteiger partial charge in [0.25, 0.3) is 0 Å². The summed E-state index contributed by atoms with van der Waals surface area (Å²) in [6.45, 7) is 1.76. The van der Waals surface area contributed by atoms with Crippen molar-refractivity contribution in [2.24, 2.45) is 10.9 Å². The van der Waals surface area contributed by atoms with Crippen LogP contribution in [0.2, 0.25) is 0 Å². The molecule has 0 aliphatic rings. The van der Waals surface area contributed by atoms with Crippen molar-refractivity contribution in [3.05, 3.63) is 29.8 Å². The Bertz CT molecular complexity index is 317. The molecule has 0 spiro atoms. The smallest absolute Gasteiger partial charge is 0.118 e. The summed E-state index contributed by atoms with van der Waals surface area (Å²) in [7, 11) is 1.60. The Kier molecular flexibility index (Phi) is 3.48. The monoisotopic (exact) mass is 194 g/mol.